The van der Waals surface area contributed by atoms with Crippen molar-refractivity contribution in [1.82, 2.24) is 5.32 Å². The molecule has 0 saturated heterocycles. The number of nitriles is 1. The first-order valence-electron chi connectivity index (χ1n) is 4.82. The maximum absolute atomic E-state index is 13.1. The van der Waals surface area contributed by atoms with E-state index in [2.05, 4.69) is 5.32 Å². The van der Waals surface area contributed by atoms with Gasteiger partial charge >= 0.3 is 0 Å². The van der Waals surface area contributed by atoms with E-state index in [-0.39, 0.29) is 12.2 Å². The minimum atomic E-state index is -0.649. The van der Waals surface area contributed by atoms with Crippen LogP contribution in [0.3, 0.4) is 0 Å². The van der Waals surface area contributed by atoms with Crippen LogP contribution in [0.2, 0.25) is 0 Å². The topological polar surface area (TPSA) is 65.3 Å². The van der Waals surface area contributed by atoms with Crippen LogP contribution in [0, 0.1) is 17.1 Å². The van der Waals surface area contributed by atoms with E-state index < -0.39 is 11.9 Å². The van der Waals surface area contributed by atoms with Crippen molar-refractivity contribution < 1.29 is 14.2 Å². The zero-order valence-electron chi connectivity index (χ0n) is 8.90. The van der Waals surface area contributed by atoms with Crippen molar-refractivity contribution in [3.8, 4) is 11.8 Å². The number of hydrogen-bond acceptors (Lipinski definition) is 4. The maximum Gasteiger partial charge on any atom is 0.144 e. The lowest BCUT2D eigenvalue weighted by Gasteiger charge is -2.11. The molecule has 0 fully saturated rings. The highest BCUT2D eigenvalue weighted by atomic mass is 19.1. The van der Waals surface area contributed by atoms with Crippen LogP contribution in [-0.4, -0.2) is 31.4 Å². The maximum atomic E-state index is 13.1. The van der Waals surface area contributed by atoms with Crippen molar-refractivity contribution in [3.05, 3.63) is 29.6 Å². The van der Waals surface area contributed by atoms with Crippen LogP contribution in [0.1, 0.15) is 5.56 Å². The Balaban J connectivity index is 2.56. The molecule has 16 heavy (non-hydrogen) atoms. The van der Waals surface area contributed by atoms with Gasteiger partial charge in [0.05, 0.1) is 5.56 Å². The number of hydrogen-bond donors (Lipinski definition) is 2. The van der Waals surface area contributed by atoms with Gasteiger partial charge in [-0.15, -0.1) is 0 Å². The Morgan fingerprint density at radius 3 is 2.94 bits per heavy atom. The monoisotopic (exact) mass is 224 g/mol. The molecule has 0 aliphatic heterocycles. The van der Waals surface area contributed by atoms with Gasteiger partial charge in [0.15, 0.2) is 0 Å². The highest BCUT2D eigenvalue weighted by Gasteiger charge is 2.06. The molecular weight excluding hydrogens is 211 g/mol. The van der Waals surface area contributed by atoms with E-state index >= 15 is 0 Å². The molecule has 0 radical (unpaired) electrons. The van der Waals surface area contributed by atoms with Crippen molar-refractivity contribution in [3.63, 3.8) is 0 Å². The summed E-state index contributed by atoms with van der Waals surface area (Å²) in [6, 6.07) is 5.68. The molecule has 0 saturated carbocycles. The predicted octanol–water partition coefficient (Wildman–Crippen LogP) is 0.656. The number of halogens is 1. The fourth-order valence-electron chi connectivity index (χ4n) is 1.16. The first kappa shape index (κ1) is 12.4. The van der Waals surface area contributed by atoms with Crippen molar-refractivity contribution in [2.24, 2.45) is 0 Å². The minimum Gasteiger partial charge on any atom is -0.491 e. The molecule has 0 amide bonds. The molecule has 5 heteroatoms. The lowest BCUT2D eigenvalue weighted by Crippen LogP contribution is -2.29. The molecule has 0 aliphatic carbocycles. The largest absolute Gasteiger partial charge is 0.491 e. The summed E-state index contributed by atoms with van der Waals surface area (Å²) in [4.78, 5) is 0. The molecule has 0 aliphatic rings. The minimum absolute atomic E-state index is 0.0249. The number of ether oxygens (including phenoxy) is 1. The molecule has 0 bridgehead atoms. The summed E-state index contributed by atoms with van der Waals surface area (Å²) >= 11 is 0. The smallest absolute Gasteiger partial charge is 0.144 e. The van der Waals surface area contributed by atoms with Gasteiger partial charge in [0.1, 0.15) is 30.3 Å². The van der Waals surface area contributed by atoms with Crippen LogP contribution >= 0.6 is 0 Å². The Hall–Kier alpha value is -1.64. The van der Waals surface area contributed by atoms with E-state index in [0.29, 0.717) is 12.3 Å². The number of likely N-dealkylation sites (N-methyl/N-ethyl adjacent to an activating group) is 1. The summed E-state index contributed by atoms with van der Waals surface area (Å²) in [6.07, 6.45) is -0.649. The van der Waals surface area contributed by atoms with Crippen molar-refractivity contribution in [1.29, 1.82) is 5.26 Å². The molecule has 0 spiro atoms. The average Bonchev–Trinajstić information content (AvgIpc) is 2.27. The molecule has 4 nitrogen and oxygen atoms in total. The molecule has 1 rings (SSSR count). The molecule has 0 heterocycles. The van der Waals surface area contributed by atoms with E-state index in [0.717, 1.165) is 6.07 Å². The van der Waals surface area contributed by atoms with Gasteiger partial charge < -0.3 is 15.2 Å². The summed E-state index contributed by atoms with van der Waals surface area (Å²) in [5.41, 5.74) is -0.0249. The third kappa shape index (κ3) is 3.50. The highest BCUT2D eigenvalue weighted by molar-refractivity contribution is 5.36. The SMILES string of the molecule is CNCC(O)COc1ccc(C#N)c(F)c1. The van der Waals surface area contributed by atoms with Crippen molar-refractivity contribution in [2.75, 3.05) is 20.2 Å². The second-order valence-electron chi connectivity index (χ2n) is 3.28. The van der Waals surface area contributed by atoms with Crippen LogP contribution in [0.25, 0.3) is 0 Å². The number of rotatable bonds is 5. The summed E-state index contributed by atoms with van der Waals surface area (Å²) < 4.78 is 18.3. The van der Waals surface area contributed by atoms with E-state index in [4.69, 9.17) is 10.00 Å². The first-order valence-corrected chi connectivity index (χ1v) is 4.82. The second-order valence-corrected chi connectivity index (χ2v) is 3.28. The number of aliphatic hydroxyl groups excluding tert-OH is 1. The number of benzene rings is 1. The summed E-state index contributed by atoms with van der Waals surface area (Å²) in [7, 11) is 1.71. The Bertz CT molecular complexity index is 390. The van der Waals surface area contributed by atoms with Gasteiger partial charge in [-0.2, -0.15) is 5.26 Å². The van der Waals surface area contributed by atoms with Crippen LogP contribution in [0.5, 0.6) is 5.75 Å². The van der Waals surface area contributed by atoms with Gasteiger partial charge in [0.25, 0.3) is 0 Å². The highest BCUT2D eigenvalue weighted by Crippen LogP contribution is 2.16. The Morgan fingerprint density at radius 2 is 2.38 bits per heavy atom. The Kier molecular flexibility index (Phi) is 4.70. The van der Waals surface area contributed by atoms with Crippen molar-refractivity contribution >= 4 is 0 Å². The lowest BCUT2D eigenvalue weighted by atomic mass is 10.2. The van der Waals surface area contributed by atoms with E-state index in [9.17, 15) is 9.50 Å². The van der Waals surface area contributed by atoms with Gasteiger partial charge in [-0.05, 0) is 19.2 Å². The molecule has 1 unspecified atom stereocenters. The van der Waals surface area contributed by atoms with Gasteiger partial charge in [-0.3, -0.25) is 0 Å². The standard InChI is InChI=1S/C11H13FN2O2/c1-14-6-9(15)7-16-10-3-2-8(5-13)11(12)4-10/h2-4,9,14-15H,6-7H2,1H3. The van der Waals surface area contributed by atoms with Crippen molar-refractivity contribution in [2.45, 2.75) is 6.10 Å². The molecule has 1 atom stereocenters. The van der Waals surface area contributed by atoms with Crippen LogP contribution < -0.4 is 10.1 Å². The Labute approximate surface area is 93.3 Å². The normalized spacial score (nSPS) is 11.9. The summed E-state index contributed by atoms with van der Waals surface area (Å²) in [5, 5.41) is 20.7. The molecule has 2 N–H and O–H groups in total. The second kappa shape index (κ2) is 6.05. The third-order valence-electron chi connectivity index (χ3n) is 1.94. The number of nitrogens with one attached hydrogen (secondary N) is 1. The van der Waals surface area contributed by atoms with Gasteiger partial charge in [-0.1, -0.05) is 0 Å². The first-order chi connectivity index (χ1) is 7.67. The third-order valence-corrected chi connectivity index (χ3v) is 1.94. The number of aliphatic hydroxyl groups is 1. The molecular formula is C11H13FN2O2. The van der Waals surface area contributed by atoms with Crippen LogP contribution in [-0.2, 0) is 0 Å². The average molecular weight is 224 g/mol. The van der Waals surface area contributed by atoms with Gasteiger partial charge in [-0.25, -0.2) is 4.39 Å². The van der Waals surface area contributed by atoms with E-state index in [1.165, 1.54) is 12.1 Å². The Morgan fingerprint density at radius 1 is 1.62 bits per heavy atom. The quantitative estimate of drug-likeness (QED) is 0.771. The fourth-order valence-corrected chi connectivity index (χ4v) is 1.16. The van der Waals surface area contributed by atoms with Crippen LogP contribution in [0.15, 0.2) is 18.2 Å². The fraction of sp³-hybridized carbons (Fsp3) is 0.364. The molecule has 1 aromatic rings. The van der Waals surface area contributed by atoms with E-state index in [1.54, 1.807) is 13.1 Å². The zero-order chi connectivity index (χ0) is 12.0. The lowest BCUT2D eigenvalue weighted by molar-refractivity contribution is 0.108. The van der Waals surface area contributed by atoms with Gasteiger partial charge in [0.2, 0.25) is 0 Å². The zero-order valence-corrected chi connectivity index (χ0v) is 8.90. The molecule has 0 aromatic heterocycles. The van der Waals surface area contributed by atoms with Crippen LogP contribution in [0.4, 0.5) is 4.39 Å². The predicted molar refractivity (Wildman–Crippen MR) is 56.5 cm³/mol. The molecule has 86 valence electrons. The van der Waals surface area contributed by atoms with E-state index in [1.807, 2.05) is 0 Å². The molecule has 1 aromatic carbocycles. The van der Waals surface area contributed by atoms with Gasteiger partial charge in [0, 0.05) is 12.6 Å². The number of nitrogens with zero attached hydrogens (tertiary/aromatic N) is 1. The summed E-state index contributed by atoms with van der Waals surface area (Å²) in [6.45, 7) is 0.477. The summed E-state index contributed by atoms with van der Waals surface area (Å²) in [5.74, 6) is -0.324.